The molecule has 1 aromatic rings. The second kappa shape index (κ2) is 6.03. The number of alkyl halides is 1. The Labute approximate surface area is 127 Å². The van der Waals surface area contributed by atoms with Gasteiger partial charge in [0.2, 0.25) is 10.0 Å². The van der Waals surface area contributed by atoms with Crippen molar-refractivity contribution < 1.29 is 16.8 Å². The molecule has 0 radical (unpaired) electrons. The van der Waals surface area contributed by atoms with Crippen molar-refractivity contribution in [1.29, 1.82) is 0 Å². The molecule has 112 valence electrons. The summed E-state index contributed by atoms with van der Waals surface area (Å²) in [5.41, 5.74) is 1.48. The summed E-state index contributed by atoms with van der Waals surface area (Å²) < 4.78 is 49.7. The lowest BCUT2D eigenvalue weighted by Crippen LogP contribution is -2.36. The van der Waals surface area contributed by atoms with Crippen molar-refractivity contribution in [2.45, 2.75) is 23.4 Å². The first kappa shape index (κ1) is 15.8. The van der Waals surface area contributed by atoms with Crippen LogP contribution in [0.15, 0.2) is 24.3 Å². The van der Waals surface area contributed by atoms with Gasteiger partial charge in [0, 0.05) is 11.0 Å². The first-order valence-corrected chi connectivity index (χ1v) is 10.7. The average Bonchev–Trinajstić information content (AvgIpc) is 2.38. The molecule has 1 fully saturated rings. The van der Waals surface area contributed by atoms with E-state index in [2.05, 4.69) is 20.7 Å². The quantitative estimate of drug-likeness (QED) is 0.807. The molecule has 0 aliphatic carbocycles. The van der Waals surface area contributed by atoms with E-state index in [0.29, 0.717) is 11.0 Å². The lowest BCUT2D eigenvalue weighted by atomic mass is 10.2. The standard InChI is InChI=1S/C12H16BrNO4S2/c13-9-10-2-1-3-11(8-10)14-20(17,18)12-4-6-19(15,16)7-5-12/h1-3,8,12,14H,4-7,9H2. The Morgan fingerprint density at radius 1 is 1.25 bits per heavy atom. The van der Waals surface area contributed by atoms with Gasteiger partial charge in [0.15, 0.2) is 0 Å². The summed E-state index contributed by atoms with van der Waals surface area (Å²) in [7, 11) is -6.60. The molecular formula is C12H16BrNO4S2. The lowest BCUT2D eigenvalue weighted by molar-refractivity contribution is 0.555. The van der Waals surface area contributed by atoms with E-state index in [1.165, 1.54) is 0 Å². The van der Waals surface area contributed by atoms with Crippen LogP contribution in [0.25, 0.3) is 0 Å². The van der Waals surface area contributed by atoms with Crippen LogP contribution in [0.4, 0.5) is 5.69 Å². The van der Waals surface area contributed by atoms with Crippen LogP contribution in [-0.2, 0) is 25.2 Å². The molecule has 2 rings (SSSR count). The maximum absolute atomic E-state index is 12.2. The second-order valence-electron chi connectivity index (χ2n) is 4.83. The molecule has 0 aromatic heterocycles. The van der Waals surface area contributed by atoms with Gasteiger partial charge in [-0.15, -0.1) is 0 Å². The van der Waals surface area contributed by atoms with Crippen molar-refractivity contribution in [3.8, 4) is 0 Å². The highest BCUT2D eigenvalue weighted by atomic mass is 79.9. The minimum Gasteiger partial charge on any atom is -0.283 e. The molecule has 0 amide bonds. The largest absolute Gasteiger partial charge is 0.283 e. The Balaban J connectivity index is 2.11. The summed E-state index contributed by atoms with van der Waals surface area (Å²) in [5.74, 6) is -0.111. The second-order valence-corrected chi connectivity index (χ2v) is 9.66. The summed E-state index contributed by atoms with van der Waals surface area (Å²) in [4.78, 5) is 0. The van der Waals surface area contributed by atoms with Gasteiger partial charge >= 0.3 is 0 Å². The van der Waals surface area contributed by atoms with Gasteiger partial charge < -0.3 is 0 Å². The molecular weight excluding hydrogens is 366 g/mol. The average molecular weight is 382 g/mol. The molecule has 1 aromatic carbocycles. The van der Waals surface area contributed by atoms with E-state index >= 15 is 0 Å². The molecule has 0 spiro atoms. The Hall–Kier alpha value is -0.600. The Bertz CT molecular complexity index is 671. The topological polar surface area (TPSA) is 80.3 Å². The zero-order valence-electron chi connectivity index (χ0n) is 10.7. The summed E-state index contributed by atoms with van der Waals surface area (Å²) in [5, 5.41) is 0.00296. The zero-order chi connectivity index (χ0) is 14.8. The highest BCUT2D eigenvalue weighted by molar-refractivity contribution is 9.08. The first-order chi connectivity index (χ1) is 9.32. The van der Waals surface area contributed by atoms with Crippen molar-refractivity contribution in [3.63, 3.8) is 0 Å². The fourth-order valence-electron chi connectivity index (χ4n) is 2.14. The van der Waals surface area contributed by atoms with Crippen molar-refractivity contribution in [1.82, 2.24) is 0 Å². The minimum atomic E-state index is -3.54. The molecule has 0 atom stereocenters. The van der Waals surface area contributed by atoms with E-state index in [1.807, 2.05) is 6.07 Å². The van der Waals surface area contributed by atoms with Crippen LogP contribution in [0.3, 0.4) is 0 Å². The van der Waals surface area contributed by atoms with Gasteiger partial charge in [0.05, 0.1) is 16.8 Å². The number of rotatable bonds is 4. The molecule has 1 aliphatic rings. The number of nitrogens with one attached hydrogen (secondary N) is 1. The molecule has 0 saturated carbocycles. The van der Waals surface area contributed by atoms with E-state index in [-0.39, 0.29) is 24.3 Å². The number of hydrogen-bond acceptors (Lipinski definition) is 4. The van der Waals surface area contributed by atoms with Crippen LogP contribution in [0.1, 0.15) is 18.4 Å². The van der Waals surface area contributed by atoms with Crippen LogP contribution in [0.5, 0.6) is 0 Å². The highest BCUT2D eigenvalue weighted by Crippen LogP contribution is 2.22. The molecule has 1 N–H and O–H groups in total. The van der Waals surface area contributed by atoms with E-state index in [4.69, 9.17) is 0 Å². The fraction of sp³-hybridized carbons (Fsp3) is 0.500. The summed E-state index contributed by atoms with van der Waals surface area (Å²) in [6, 6.07) is 7.11. The van der Waals surface area contributed by atoms with Gasteiger partial charge in [-0.25, -0.2) is 16.8 Å². The zero-order valence-corrected chi connectivity index (χ0v) is 14.0. The van der Waals surface area contributed by atoms with Gasteiger partial charge in [-0.1, -0.05) is 28.1 Å². The van der Waals surface area contributed by atoms with Crippen molar-refractivity contribution >= 4 is 41.5 Å². The van der Waals surface area contributed by atoms with E-state index in [1.54, 1.807) is 18.2 Å². The lowest BCUT2D eigenvalue weighted by Gasteiger charge is -2.22. The maximum Gasteiger partial charge on any atom is 0.235 e. The molecule has 8 heteroatoms. The van der Waals surface area contributed by atoms with E-state index in [9.17, 15) is 16.8 Å². The van der Waals surface area contributed by atoms with Crippen molar-refractivity contribution in [3.05, 3.63) is 29.8 Å². The van der Waals surface area contributed by atoms with Crippen LogP contribution in [0, 0.1) is 0 Å². The molecule has 20 heavy (non-hydrogen) atoms. The number of benzene rings is 1. The number of anilines is 1. The minimum absolute atomic E-state index is 0.0555. The Morgan fingerprint density at radius 3 is 2.50 bits per heavy atom. The van der Waals surface area contributed by atoms with Gasteiger partial charge in [-0.3, -0.25) is 4.72 Å². The van der Waals surface area contributed by atoms with Gasteiger partial charge in [-0.2, -0.15) is 0 Å². The van der Waals surface area contributed by atoms with Crippen molar-refractivity contribution in [2.24, 2.45) is 0 Å². The van der Waals surface area contributed by atoms with Crippen molar-refractivity contribution in [2.75, 3.05) is 16.2 Å². The van der Waals surface area contributed by atoms with Crippen LogP contribution in [-0.4, -0.2) is 33.6 Å². The number of halogens is 1. The van der Waals surface area contributed by atoms with Crippen LogP contribution in [0.2, 0.25) is 0 Å². The predicted molar refractivity (Wildman–Crippen MR) is 83.3 cm³/mol. The Kier molecular flexibility index (Phi) is 4.76. The smallest absolute Gasteiger partial charge is 0.235 e. The normalized spacial score (nSPS) is 19.6. The molecule has 1 aliphatic heterocycles. The number of sulfonamides is 1. The first-order valence-electron chi connectivity index (χ1n) is 6.19. The van der Waals surface area contributed by atoms with Crippen LogP contribution < -0.4 is 4.72 Å². The SMILES string of the molecule is O=S1(=O)CCC(S(=O)(=O)Nc2cccc(CBr)c2)CC1. The maximum atomic E-state index is 12.2. The monoisotopic (exact) mass is 381 g/mol. The fourth-order valence-corrected chi connectivity index (χ4v) is 5.76. The van der Waals surface area contributed by atoms with E-state index in [0.717, 1.165) is 5.56 Å². The molecule has 1 heterocycles. The van der Waals surface area contributed by atoms with E-state index < -0.39 is 25.1 Å². The third kappa shape index (κ3) is 3.95. The molecule has 5 nitrogen and oxygen atoms in total. The van der Waals surface area contributed by atoms with Gasteiger partial charge in [0.1, 0.15) is 9.84 Å². The number of sulfone groups is 1. The molecule has 1 saturated heterocycles. The predicted octanol–water partition coefficient (Wildman–Crippen LogP) is 1.90. The highest BCUT2D eigenvalue weighted by Gasteiger charge is 2.32. The summed E-state index contributed by atoms with van der Waals surface area (Å²) in [6.07, 6.45) is 0.325. The summed E-state index contributed by atoms with van der Waals surface area (Å²) in [6.45, 7) is 0. The van der Waals surface area contributed by atoms with Gasteiger partial charge in [0.25, 0.3) is 0 Å². The summed E-state index contributed by atoms with van der Waals surface area (Å²) >= 11 is 3.32. The number of hydrogen-bond donors (Lipinski definition) is 1. The third-order valence-electron chi connectivity index (χ3n) is 3.28. The van der Waals surface area contributed by atoms with Crippen LogP contribution >= 0.6 is 15.9 Å². The molecule has 0 bridgehead atoms. The van der Waals surface area contributed by atoms with Gasteiger partial charge in [-0.05, 0) is 30.5 Å². The molecule has 0 unspecified atom stereocenters. The Morgan fingerprint density at radius 2 is 1.90 bits per heavy atom. The third-order valence-corrected chi connectivity index (χ3v) is 7.51.